The van der Waals surface area contributed by atoms with Crippen molar-refractivity contribution in [1.82, 2.24) is 9.97 Å². The van der Waals surface area contributed by atoms with E-state index in [-0.39, 0.29) is 6.61 Å². The number of methoxy groups -OCH3 is 3. The molecule has 0 N–H and O–H groups in total. The normalized spacial score (nSPS) is 10.0. The maximum absolute atomic E-state index is 12.2. The lowest BCUT2D eigenvalue weighted by atomic mass is 10.2. The molecule has 0 aliphatic heterocycles. The van der Waals surface area contributed by atoms with Crippen molar-refractivity contribution in [2.45, 2.75) is 6.42 Å². The third-order valence-corrected chi connectivity index (χ3v) is 3.11. The Balaban J connectivity index is 2.07. The predicted octanol–water partition coefficient (Wildman–Crippen LogP) is 1.90. The summed E-state index contributed by atoms with van der Waals surface area (Å²) >= 11 is 0. The van der Waals surface area contributed by atoms with Gasteiger partial charge in [0, 0.05) is 25.0 Å². The fourth-order valence-electron chi connectivity index (χ4n) is 1.99. The van der Waals surface area contributed by atoms with Gasteiger partial charge in [0.2, 0.25) is 5.75 Å². The molecule has 0 aliphatic carbocycles. The van der Waals surface area contributed by atoms with Crippen LogP contribution < -0.4 is 14.2 Å². The molecular weight excluding hydrogens is 300 g/mol. The molecule has 122 valence electrons. The van der Waals surface area contributed by atoms with Crippen LogP contribution in [0.5, 0.6) is 17.2 Å². The van der Waals surface area contributed by atoms with E-state index in [1.807, 2.05) is 0 Å². The summed E-state index contributed by atoms with van der Waals surface area (Å²) < 4.78 is 20.9. The summed E-state index contributed by atoms with van der Waals surface area (Å²) in [6.07, 6.45) is 5.30. The number of nitrogens with zero attached hydrogens (tertiary/aromatic N) is 2. The Labute approximate surface area is 134 Å². The van der Waals surface area contributed by atoms with Gasteiger partial charge in [-0.1, -0.05) is 0 Å². The SMILES string of the molecule is COc1cc(C(=O)OCCc2cnccn2)cc(OC)c1OC. The van der Waals surface area contributed by atoms with Crippen LogP contribution >= 0.6 is 0 Å². The number of carbonyl (C=O) groups is 1. The lowest BCUT2D eigenvalue weighted by molar-refractivity contribution is 0.0507. The minimum Gasteiger partial charge on any atom is -0.493 e. The van der Waals surface area contributed by atoms with Gasteiger partial charge in [-0.3, -0.25) is 9.97 Å². The molecule has 0 fully saturated rings. The van der Waals surface area contributed by atoms with Gasteiger partial charge in [0.05, 0.1) is 39.2 Å². The number of benzene rings is 1. The van der Waals surface area contributed by atoms with Crippen LogP contribution in [0.25, 0.3) is 0 Å². The van der Waals surface area contributed by atoms with Crippen LogP contribution in [-0.4, -0.2) is 43.9 Å². The monoisotopic (exact) mass is 318 g/mol. The van der Waals surface area contributed by atoms with Crippen LogP contribution in [0, 0.1) is 0 Å². The fraction of sp³-hybridized carbons (Fsp3) is 0.312. The molecule has 23 heavy (non-hydrogen) atoms. The summed E-state index contributed by atoms with van der Waals surface area (Å²) in [5.41, 5.74) is 1.07. The van der Waals surface area contributed by atoms with E-state index in [0.29, 0.717) is 29.2 Å². The van der Waals surface area contributed by atoms with Gasteiger partial charge in [0.15, 0.2) is 11.5 Å². The summed E-state index contributed by atoms with van der Waals surface area (Å²) in [5.74, 6) is 0.736. The number of hydrogen-bond donors (Lipinski definition) is 0. The quantitative estimate of drug-likeness (QED) is 0.721. The average Bonchev–Trinajstić information content (AvgIpc) is 2.61. The Hall–Kier alpha value is -2.83. The lowest BCUT2D eigenvalue weighted by Crippen LogP contribution is -2.10. The Morgan fingerprint density at radius 1 is 1.04 bits per heavy atom. The maximum atomic E-state index is 12.2. The zero-order chi connectivity index (χ0) is 16.7. The van der Waals surface area contributed by atoms with Gasteiger partial charge in [-0.25, -0.2) is 4.79 Å². The van der Waals surface area contributed by atoms with Gasteiger partial charge in [-0.2, -0.15) is 0 Å². The van der Waals surface area contributed by atoms with Crippen molar-refractivity contribution in [3.05, 3.63) is 42.0 Å². The molecule has 1 heterocycles. The highest BCUT2D eigenvalue weighted by atomic mass is 16.5. The molecule has 0 atom stereocenters. The van der Waals surface area contributed by atoms with E-state index < -0.39 is 5.97 Å². The van der Waals surface area contributed by atoms with Gasteiger partial charge in [-0.05, 0) is 12.1 Å². The van der Waals surface area contributed by atoms with Gasteiger partial charge < -0.3 is 18.9 Å². The van der Waals surface area contributed by atoms with E-state index >= 15 is 0 Å². The highest BCUT2D eigenvalue weighted by Gasteiger charge is 2.17. The number of rotatable bonds is 7. The second-order valence-electron chi connectivity index (χ2n) is 4.50. The highest BCUT2D eigenvalue weighted by molar-refractivity contribution is 5.91. The lowest BCUT2D eigenvalue weighted by Gasteiger charge is -2.13. The number of esters is 1. The summed E-state index contributed by atoms with van der Waals surface area (Å²) in [5, 5.41) is 0. The third-order valence-electron chi connectivity index (χ3n) is 3.11. The Morgan fingerprint density at radius 3 is 2.26 bits per heavy atom. The van der Waals surface area contributed by atoms with Crippen molar-refractivity contribution in [1.29, 1.82) is 0 Å². The van der Waals surface area contributed by atoms with Gasteiger partial charge in [-0.15, -0.1) is 0 Å². The first kappa shape index (κ1) is 16.5. The maximum Gasteiger partial charge on any atom is 0.338 e. The van der Waals surface area contributed by atoms with Gasteiger partial charge >= 0.3 is 5.97 Å². The van der Waals surface area contributed by atoms with E-state index in [1.165, 1.54) is 21.3 Å². The average molecular weight is 318 g/mol. The highest BCUT2D eigenvalue weighted by Crippen LogP contribution is 2.38. The molecule has 0 spiro atoms. The molecule has 0 aliphatic rings. The Kier molecular flexibility index (Phi) is 5.74. The van der Waals surface area contributed by atoms with E-state index in [4.69, 9.17) is 18.9 Å². The number of hydrogen-bond acceptors (Lipinski definition) is 7. The van der Waals surface area contributed by atoms with Crippen LogP contribution in [0.1, 0.15) is 16.1 Å². The van der Waals surface area contributed by atoms with Crippen LogP contribution in [0.3, 0.4) is 0 Å². The van der Waals surface area contributed by atoms with E-state index in [2.05, 4.69) is 9.97 Å². The standard InChI is InChI=1S/C16H18N2O5/c1-20-13-8-11(9-14(21-2)15(13)22-3)16(19)23-7-4-12-10-17-5-6-18-12/h5-6,8-10H,4,7H2,1-3H3. The van der Waals surface area contributed by atoms with Crippen molar-refractivity contribution < 1.29 is 23.7 Å². The zero-order valence-corrected chi connectivity index (χ0v) is 13.2. The molecule has 0 radical (unpaired) electrons. The second kappa shape index (κ2) is 7.98. The van der Waals surface area contributed by atoms with E-state index in [0.717, 1.165) is 5.69 Å². The minimum absolute atomic E-state index is 0.203. The fourth-order valence-corrected chi connectivity index (χ4v) is 1.99. The van der Waals surface area contributed by atoms with E-state index in [9.17, 15) is 4.79 Å². The van der Waals surface area contributed by atoms with Crippen molar-refractivity contribution in [3.8, 4) is 17.2 Å². The first-order valence-electron chi connectivity index (χ1n) is 6.91. The molecule has 7 nitrogen and oxygen atoms in total. The molecule has 0 bridgehead atoms. The topological polar surface area (TPSA) is 79.8 Å². The molecule has 0 saturated carbocycles. The smallest absolute Gasteiger partial charge is 0.338 e. The van der Waals surface area contributed by atoms with Crippen LogP contribution in [0.2, 0.25) is 0 Å². The largest absolute Gasteiger partial charge is 0.493 e. The number of ether oxygens (including phenoxy) is 4. The summed E-state index contributed by atoms with van der Waals surface area (Å²) in [6, 6.07) is 3.10. The predicted molar refractivity (Wildman–Crippen MR) is 82.1 cm³/mol. The van der Waals surface area contributed by atoms with Crippen LogP contribution in [0.4, 0.5) is 0 Å². The number of aromatic nitrogens is 2. The molecule has 1 aromatic carbocycles. The van der Waals surface area contributed by atoms with Crippen LogP contribution in [-0.2, 0) is 11.2 Å². The molecule has 2 rings (SSSR count). The minimum atomic E-state index is -0.479. The summed E-state index contributed by atoms with van der Waals surface area (Å²) in [7, 11) is 4.47. The van der Waals surface area contributed by atoms with Crippen molar-refractivity contribution >= 4 is 5.97 Å². The Bertz CT molecular complexity index is 636. The van der Waals surface area contributed by atoms with Crippen molar-refractivity contribution in [2.24, 2.45) is 0 Å². The van der Waals surface area contributed by atoms with Crippen LogP contribution in [0.15, 0.2) is 30.7 Å². The molecule has 0 saturated heterocycles. The second-order valence-corrected chi connectivity index (χ2v) is 4.50. The summed E-state index contributed by atoms with van der Waals surface area (Å²) in [6.45, 7) is 0.203. The zero-order valence-electron chi connectivity index (χ0n) is 13.2. The molecule has 1 aromatic heterocycles. The van der Waals surface area contributed by atoms with Gasteiger partial charge in [0.1, 0.15) is 0 Å². The summed E-state index contributed by atoms with van der Waals surface area (Å²) in [4.78, 5) is 20.2. The first-order valence-corrected chi connectivity index (χ1v) is 6.91. The van der Waals surface area contributed by atoms with E-state index in [1.54, 1.807) is 30.7 Å². The molecule has 2 aromatic rings. The molecular formula is C16H18N2O5. The molecule has 0 amide bonds. The van der Waals surface area contributed by atoms with Crippen molar-refractivity contribution in [2.75, 3.05) is 27.9 Å². The Morgan fingerprint density at radius 2 is 1.74 bits per heavy atom. The first-order chi connectivity index (χ1) is 11.2. The molecule has 0 unspecified atom stereocenters. The molecule has 7 heteroatoms. The number of carbonyl (C=O) groups excluding carboxylic acids is 1. The van der Waals surface area contributed by atoms with Crippen molar-refractivity contribution in [3.63, 3.8) is 0 Å². The third kappa shape index (κ3) is 4.09. The van der Waals surface area contributed by atoms with Gasteiger partial charge in [0.25, 0.3) is 0 Å².